The van der Waals surface area contributed by atoms with Crippen LogP contribution in [-0.4, -0.2) is 62.6 Å². The predicted octanol–water partition coefficient (Wildman–Crippen LogP) is 2.62. The number of unbranched alkanes of at least 4 members (excludes halogenated alkanes) is 2. The number of nitrogens with one attached hydrogen (secondary N) is 1. The van der Waals surface area contributed by atoms with E-state index in [-0.39, 0.29) is 12.4 Å². The minimum atomic E-state index is -2.88. The molecule has 2 unspecified atom stereocenters. The fourth-order valence-corrected chi connectivity index (χ4v) is 4.66. The van der Waals surface area contributed by atoms with Gasteiger partial charge in [-0.05, 0) is 37.0 Å². The SMILES string of the molecule is CCCCCOC(=O)C(C)N(Oc1ccccc1)[P+](=O)OC[C@H]1O[C@@H](n2ccc(=O)[nH]c2=O)[C@](C)(F)[C@@H]1O. The smallest absolute Gasteiger partial charge is 0.464 e. The summed E-state index contributed by atoms with van der Waals surface area (Å²) in [4.78, 5) is 44.6. The number of para-hydroxylation sites is 1. The van der Waals surface area contributed by atoms with Gasteiger partial charge in [-0.1, -0.05) is 38.0 Å². The van der Waals surface area contributed by atoms with Crippen molar-refractivity contribution in [1.29, 1.82) is 0 Å². The lowest BCUT2D eigenvalue weighted by Crippen LogP contribution is -2.43. The first-order chi connectivity index (χ1) is 18.1. The van der Waals surface area contributed by atoms with Gasteiger partial charge in [-0.3, -0.25) is 19.1 Å². The number of hydrogen-bond donors (Lipinski definition) is 2. The van der Waals surface area contributed by atoms with Crippen LogP contribution in [0.2, 0.25) is 0 Å². The van der Waals surface area contributed by atoms with Gasteiger partial charge in [-0.2, -0.15) is 0 Å². The van der Waals surface area contributed by atoms with Gasteiger partial charge in [0.15, 0.2) is 23.7 Å². The number of halogens is 1. The van der Waals surface area contributed by atoms with Crippen molar-refractivity contribution in [3.8, 4) is 5.75 Å². The van der Waals surface area contributed by atoms with Crippen molar-refractivity contribution >= 4 is 14.1 Å². The van der Waals surface area contributed by atoms with Crippen LogP contribution in [0, 0.1) is 0 Å². The Morgan fingerprint density at radius 1 is 1.29 bits per heavy atom. The molecule has 2 N–H and O–H groups in total. The number of ether oxygens (including phenoxy) is 2. The summed E-state index contributed by atoms with van der Waals surface area (Å²) >= 11 is 0. The van der Waals surface area contributed by atoms with Gasteiger partial charge in [-0.15, -0.1) is 4.52 Å². The molecule has 0 bridgehead atoms. The molecule has 3 rings (SSSR count). The molecule has 1 saturated heterocycles. The molecule has 0 aliphatic carbocycles. The maximum atomic E-state index is 15.4. The van der Waals surface area contributed by atoms with Gasteiger partial charge in [0.2, 0.25) is 0 Å². The van der Waals surface area contributed by atoms with E-state index in [9.17, 15) is 24.1 Å². The summed E-state index contributed by atoms with van der Waals surface area (Å²) in [5.74, 6) is -0.411. The van der Waals surface area contributed by atoms with Crippen molar-refractivity contribution in [2.24, 2.45) is 0 Å². The number of benzene rings is 1. The van der Waals surface area contributed by atoms with E-state index < -0.39 is 62.2 Å². The molecule has 6 atom stereocenters. The van der Waals surface area contributed by atoms with Crippen LogP contribution in [0.25, 0.3) is 0 Å². The maximum Gasteiger partial charge on any atom is 0.653 e. The number of hydrogen-bond acceptors (Lipinski definition) is 9. The molecule has 1 aromatic carbocycles. The fourth-order valence-electron chi connectivity index (χ4n) is 3.74. The van der Waals surface area contributed by atoms with Crippen LogP contribution in [-0.2, 0) is 23.4 Å². The third-order valence-corrected chi connectivity index (χ3v) is 7.06. The quantitative estimate of drug-likeness (QED) is 0.163. The first kappa shape index (κ1) is 29.6. The average Bonchev–Trinajstić information content (AvgIpc) is 3.11. The number of hydroxylamine groups is 1. The molecule has 208 valence electrons. The summed E-state index contributed by atoms with van der Waals surface area (Å²) in [6.45, 7) is 4.09. The number of rotatable bonds is 13. The van der Waals surface area contributed by atoms with Gasteiger partial charge in [0.05, 0.1) is 6.61 Å². The van der Waals surface area contributed by atoms with E-state index in [4.69, 9.17) is 18.8 Å². The highest BCUT2D eigenvalue weighted by atomic mass is 31.1. The molecular formula is C24H32FN3O9P+. The molecule has 0 amide bonds. The van der Waals surface area contributed by atoms with Crippen molar-refractivity contribution in [2.45, 2.75) is 70.2 Å². The first-order valence-corrected chi connectivity index (χ1v) is 13.3. The van der Waals surface area contributed by atoms with Crippen molar-refractivity contribution < 1.29 is 37.7 Å². The Morgan fingerprint density at radius 3 is 2.66 bits per heavy atom. The number of aliphatic hydroxyl groups is 1. The van der Waals surface area contributed by atoms with Crippen LogP contribution < -0.4 is 16.1 Å². The highest BCUT2D eigenvalue weighted by Crippen LogP contribution is 2.42. The number of aromatic nitrogens is 2. The lowest BCUT2D eigenvalue weighted by atomic mass is 9.98. The summed E-state index contributed by atoms with van der Waals surface area (Å²) in [5, 5.41) is 10.5. The zero-order valence-electron chi connectivity index (χ0n) is 21.3. The number of alkyl halides is 1. The highest BCUT2D eigenvalue weighted by molar-refractivity contribution is 7.36. The zero-order valence-corrected chi connectivity index (χ0v) is 22.2. The molecule has 38 heavy (non-hydrogen) atoms. The number of H-pyrrole nitrogens is 1. The summed E-state index contributed by atoms with van der Waals surface area (Å²) in [7, 11) is -2.88. The molecular weight excluding hydrogens is 524 g/mol. The molecule has 14 heteroatoms. The van der Waals surface area contributed by atoms with Crippen molar-refractivity contribution in [3.63, 3.8) is 0 Å². The van der Waals surface area contributed by atoms with Crippen molar-refractivity contribution in [2.75, 3.05) is 13.2 Å². The first-order valence-electron chi connectivity index (χ1n) is 12.2. The normalized spacial score (nSPS) is 24.3. The number of aliphatic hydroxyl groups excluding tert-OH is 1. The third-order valence-electron chi connectivity index (χ3n) is 5.94. The largest absolute Gasteiger partial charge is 0.653 e. The van der Waals surface area contributed by atoms with Crippen LogP contribution in [0.4, 0.5) is 4.39 Å². The topological polar surface area (TPSA) is 149 Å². The van der Waals surface area contributed by atoms with Crippen molar-refractivity contribution in [3.05, 3.63) is 63.4 Å². The number of carbonyl (C=O) groups excluding carboxylic acids is 1. The van der Waals surface area contributed by atoms with Gasteiger partial charge < -0.3 is 19.4 Å². The molecule has 0 saturated carbocycles. The summed E-state index contributed by atoms with van der Waals surface area (Å²) in [6, 6.07) is 8.14. The fraction of sp³-hybridized carbons (Fsp3) is 0.542. The van der Waals surface area contributed by atoms with Crippen LogP contribution in [0.5, 0.6) is 5.75 Å². The van der Waals surface area contributed by atoms with E-state index in [1.807, 2.05) is 11.9 Å². The lowest BCUT2D eigenvalue weighted by Gasteiger charge is -2.24. The van der Waals surface area contributed by atoms with Crippen LogP contribution in [0.15, 0.2) is 52.2 Å². The third kappa shape index (κ3) is 7.12. The van der Waals surface area contributed by atoms with E-state index in [0.717, 1.165) is 41.4 Å². The number of carbonyl (C=O) groups is 1. The molecule has 1 aliphatic rings. The second kappa shape index (κ2) is 13.2. The van der Waals surface area contributed by atoms with E-state index in [1.165, 1.54) is 6.92 Å². The van der Waals surface area contributed by atoms with E-state index >= 15 is 4.39 Å². The van der Waals surface area contributed by atoms with Gasteiger partial charge in [0.1, 0.15) is 23.6 Å². The monoisotopic (exact) mass is 556 g/mol. The molecule has 12 nitrogen and oxygen atoms in total. The maximum absolute atomic E-state index is 15.4. The second-order valence-corrected chi connectivity index (χ2v) is 10.1. The number of nitrogens with zero attached hydrogens (tertiary/aromatic N) is 2. The number of aromatic amines is 1. The number of esters is 1. The highest BCUT2D eigenvalue weighted by Gasteiger charge is 2.56. The Labute approximate surface area is 219 Å². The Morgan fingerprint density at radius 2 is 2.00 bits per heavy atom. The Hall–Kier alpha value is -2.96. The molecule has 1 aromatic heterocycles. The van der Waals surface area contributed by atoms with Gasteiger partial charge in [0.25, 0.3) is 5.56 Å². The van der Waals surface area contributed by atoms with E-state index in [2.05, 4.69) is 0 Å². The molecule has 2 heterocycles. The van der Waals surface area contributed by atoms with Crippen molar-refractivity contribution in [1.82, 2.24) is 14.4 Å². The standard InChI is InChI=1S/C24H31FN3O9P/c1-4-5-9-14-34-21(31)16(2)28(37-17-10-7-6-8-11-17)38(33)35-15-18-20(30)24(3,25)22(36-18)27-13-12-19(29)26-23(27)32/h6-8,10-13,16,18,20,22,30H,4-5,9,14-15H2,1-3H3/p+1/t16?,18-,20-,22-,24-/m1/s1. The predicted molar refractivity (Wildman–Crippen MR) is 133 cm³/mol. The lowest BCUT2D eigenvalue weighted by molar-refractivity contribution is -0.155. The summed E-state index contributed by atoms with van der Waals surface area (Å²) in [6.07, 6.45) is -1.17. The summed E-state index contributed by atoms with van der Waals surface area (Å²) < 4.78 is 45.5. The molecule has 2 aromatic rings. The van der Waals surface area contributed by atoms with E-state index in [1.54, 1.807) is 30.3 Å². The van der Waals surface area contributed by atoms with E-state index in [0.29, 0.717) is 6.42 Å². The Bertz CT molecular complexity index is 1210. The second-order valence-electron chi connectivity index (χ2n) is 8.93. The van der Waals surface area contributed by atoms with Gasteiger partial charge in [0, 0.05) is 12.3 Å². The van der Waals surface area contributed by atoms with Gasteiger partial charge >= 0.3 is 19.8 Å². The minimum absolute atomic E-state index is 0.191. The molecule has 0 spiro atoms. The summed E-state index contributed by atoms with van der Waals surface area (Å²) in [5.41, 5.74) is -4.07. The van der Waals surface area contributed by atoms with Gasteiger partial charge in [-0.25, -0.2) is 9.18 Å². The van der Waals surface area contributed by atoms with Crippen LogP contribution in [0.3, 0.4) is 0 Å². The van der Waals surface area contributed by atoms with Crippen LogP contribution in [0.1, 0.15) is 46.3 Å². The Kier molecular flexibility index (Phi) is 10.3. The zero-order chi connectivity index (χ0) is 27.9. The molecule has 1 aliphatic heterocycles. The minimum Gasteiger partial charge on any atom is -0.464 e. The average molecular weight is 557 g/mol. The molecule has 0 radical (unpaired) electrons. The molecule has 1 fully saturated rings. The van der Waals surface area contributed by atoms with Crippen LogP contribution >= 0.6 is 8.18 Å². The Balaban J connectivity index is 1.71.